The van der Waals surface area contributed by atoms with Gasteiger partial charge in [-0.1, -0.05) is 17.7 Å². The van der Waals surface area contributed by atoms with Crippen molar-refractivity contribution in [2.75, 3.05) is 11.9 Å². The molecule has 0 unspecified atom stereocenters. The monoisotopic (exact) mass is 462 g/mol. The fraction of sp³-hybridized carbons (Fsp3) is 0.136. The van der Waals surface area contributed by atoms with Gasteiger partial charge in [-0.05, 0) is 35.7 Å². The van der Waals surface area contributed by atoms with Crippen LogP contribution in [0.5, 0.6) is 11.6 Å². The van der Waals surface area contributed by atoms with Crippen LogP contribution in [-0.2, 0) is 13.1 Å². The highest BCUT2D eigenvalue weighted by molar-refractivity contribution is 6.32. The molecule has 0 bridgehead atoms. The summed E-state index contributed by atoms with van der Waals surface area (Å²) >= 11 is 6.28. The smallest absolute Gasteiger partial charge is 0.219 e. The van der Waals surface area contributed by atoms with Crippen LogP contribution in [0.15, 0.2) is 48.9 Å². The Labute approximate surface area is 185 Å². The fourth-order valence-corrected chi connectivity index (χ4v) is 3.32. The van der Waals surface area contributed by atoms with Crippen molar-refractivity contribution in [3.63, 3.8) is 0 Å². The highest BCUT2D eigenvalue weighted by Gasteiger charge is 2.17. The third-order valence-electron chi connectivity index (χ3n) is 4.63. The number of benzene rings is 2. The summed E-state index contributed by atoms with van der Waals surface area (Å²) in [6, 6.07) is 8.55. The van der Waals surface area contributed by atoms with Crippen molar-refractivity contribution in [3.8, 4) is 11.6 Å². The number of fused-ring (bicyclic) bond motifs is 1. The lowest BCUT2D eigenvalue weighted by molar-refractivity contribution is 0.453. The van der Waals surface area contributed by atoms with E-state index in [4.69, 9.17) is 16.3 Å². The van der Waals surface area contributed by atoms with E-state index in [0.717, 1.165) is 11.9 Å². The SMILES string of the molecule is FCc1ccnc(Oc2ccc(CCNc3ncnc4c(F)cc(F)c(F)c34)cc2Cl)c1. The Balaban J connectivity index is 1.45. The summed E-state index contributed by atoms with van der Waals surface area (Å²) in [6.07, 6.45) is 2.95. The van der Waals surface area contributed by atoms with Gasteiger partial charge in [0.25, 0.3) is 0 Å². The third-order valence-corrected chi connectivity index (χ3v) is 4.92. The van der Waals surface area contributed by atoms with E-state index in [1.54, 1.807) is 24.3 Å². The van der Waals surface area contributed by atoms with E-state index in [0.29, 0.717) is 28.8 Å². The van der Waals surface area contributed by atoms with Gasteiger partial charge in [-0.15, -0.1) is 0 Å². The zero-order chi connectivity index (χ0) is 22.7. The Hall–Kier alpha value is -3.46. The van der Waals surface area contributed by atoms with Crippen LogP contribution in [0.2, 0.25) is 5.02 Å². The first kappa shape index (κ1) is 21.8. The molecular weight excluding hydrogens is 448 g/mol. The lowest BCUT2D eigenvalue weighted by Crippen LogP contribution is -2.08. The molecule has 5 nitrogen and oxygen atoms in total. The molecule has 0 spiro atoms. The summed E-state index contributed by atoms with van der Waals surface area (Å²) in [6.45, 7) is -0.357. The lowest BCUT2D eigenvalue weighted by atomic mass is 10.1. The molecule has 1 N–H and O–H groups in total. The van der Waals surface area contributed by atoms with Gasteiger partial charge in [0.05, 0.1) is 10.4 Å². The van der Waals surface area contributed by atoms with Crippen LogP contribution >= 0.6 is 11.6 Å². The van der Waals surface area contributed by atoms with Crippen LogP contribution in [-0.4, -0.2) is 21.5 Å². The number of anilines is 1. The van der Waals surface area contributed by atoms with Crippen molar-refractivity contribution in [1.29, 1.82) is 0 Å². The van der Waals surface area contributed by atoms with E-state index in [2.05, 4.69) is 20.3 Å². The number of alkyl halides is 1. The second-order valence-electron chi connectivity index (χ2n) is 6.78. The Kier molecular flexibility index (Phi) is 6.36. The molecule has 0 aliphatic rings. The first-order valence-electron chi connectivity index (χ1n) is 9.45. The molecule has 4 aromatic rings. The van der Waals surface area contributed by atoms with E-state index in [1.807, 2.05) is 0 Å². The topological polar surface area (TPSA) is 59.9 Å². The number of nitrogens with one attached hydrogen (secondary N) is 1. The summed E-state index contributed by atoms with van der Waals surface area (Å²) in [5.74, 6) is -2.97. The zero-order valence-electron chi connectivity index (χ0n) is 16.4. The van der Waals surface area contributed by atoms with E-state index in [1.165, 1.54) is 12.3 Å². The molecule has 0 saturated carbocycles. The van der Waals surface area contributed by atoms with Gasteiger partial charge in [-0.25, -0.2) is 32.5 Å². The first-order chi connectivity index (χ1) is 15.5. The maximum absolute atomic E-state index is 14.2. The molecule has 2 aromatic heterocycles. The minimum atomic E-state index is -1.32. The second-order valence-corrected chi connectivity index (χ2v) is 7.19. The maximum Gasteiger partial charge on any atom is 0.219 e. The van der Waals surface area contributed by atoms with Crippen LogP contribution in [0, 0.1) is 17.5 Å². The Morgan fingerprint density at radius 2 is 1.78 bits per heavy atom. The minimum Gasteiger partial charge on any atom is -0.437 e. The Morgan fingerprint density at radius 1 is 0.938 bits per heavy atom. The average Bonchev–Trinajstić information content (AvgIpc) is 2.79. The molecule has 2 aromatic carbocycles. The molecule has 2 heterocycles. The summed E-state index contributed by atoms with van der Waals surface area (Å²) in [4.78, 5) is 11.6. The summed E-state index contributed by atoms with van der Waals surface area (Å²) in [5, 5.41) is 2.84. The zero-order valence-corrected chi connectivity index (χ0v) is 17.1. The number of hydrogen-bond acceptors (Lipinski definition) is 5. The van der Waals surface area contributed by atoms with Crippen molar-refractivity contribution in [1.82, 2.24) is 15.0 Å². The largest absolute Gasteiger partial charge is 0.437 e. The summed E-state index contributed by atoms with van der Waals surface area (Å²) < 4.78 is 60.1. The van der Waals surface area contributed by atoms with Crippen molar-refractivity contribution in [2.24, 2.45) is 0 Å². The molecule has 0 atom stereocenters. The highest BCUT2D eigenvalue weighted by atomic mass is 35.5. The average molecular weight is 463 g/mol. The molecule has 164 valence electrons. The number of hydrogen-bond donors (Lipinski definition) is 1. The van der Waals surface area contributed by atoms with Gasteiger partial charge in [0.1, 0.15) is 30.1 Å². The van der Waals surface area contributed by atoms with Gasteiger partial charge in [0.2, 0.25) is 5.88 Å². The predicted octanol–water partition coefficient (Wildman–Crippen LogP) is 6.01. The quantitative estimate of drug-likeness (QED) is 0.269. The number of nitrogens with zero attached hydrogens (tertiary/aromatic N) is 3. The van der Waals surface area contributed by atoms with Gasteiger partial charge in [0, 0.05) is 24.9 Å². The molecule has 10 heteroatoms. The summed E-state index contributed by atoms with van der Waals surface area (Å²) in [5.41, 5.74) is 0.940. The van der Waals surface area contributed by atoms with Gasteiger partial charge in [-0.3, -0.25) is 0 Å². The highest BCUT2D eigenvalue weighted by Crippen LogP contribution is 2.30. The molecule has 0 aliphatic carbocycles. The standard InChI is InChI=1S/C22H15ClF4N4O/c23-14-7-12(1-2-17(14)32-18-8-13(10-24)4-5-28-18)3-6-29-22-19-20(27)15(25)9-16(26)21(19)30-11-31-22/h1-2,4-5,7-9,11H,3,6,10H2,(H,29,30,31). The normalized spacial score (nSPS) is 11.0. The fourth-order valence-electron chi connectivity index (χ4n) is 3.08. The van der Waals surface area contributed by atoms with Gasteiger partial charge >= 0.3 is 0 Å². The number of pyridine rings is 1. The molecule has 0 fully saturated rings. The number of aromatic nitrogens is 3. The van der Waals surface area contributed by atoms with E-state index in [9.17, 15) is 17.6 Å². The van der Waals surface area contributed by atoms with Crippen LogP contribution < -0.4 is 10.1 Å². The number of ether oxygens (including phenoxy) is 1. The van der Waals surface area contributed by atoms with Gasteiger partial charge in [-0.2, -0.15) is 0 Å². The molecule has 0 radical (unpaired) electrons. The first-order valence-corrected chi connectivity index (χ1v) is 9.83. The van der Waals surface area contributed by atoms with Gasteiger partial charge in [0.15, 0.2) is 17.5 Å². The molecule has 4 rings (SSSR count). The van der Waals surface area contributed by atoms with Crippen LogP contribution in [0.4, 0.5) is 23.4 Å². The van der Waals surface area contributed by atoms with E-state index >= 15 is 0 Å². The third kappa shape index (κ3) is 4.57. The molecule has 0 aliphatic heterocycles. The molecular formula is C22H15ClF4N4O. The Bertz CT molecular complexity index is 1290. The number of rotatable bonds is 7. The van der Waals surface area contributed by atoms with E-state index < -0.39 is 24.1 Å². The van der Waals surface area contributed by atoms with Crippen molar-refractivity contribution < 1.29 is 22.3 Å². The van der Waals surface area contributed by atoms with Gasteiger partial charge < -0.3 is 10.1 Å². The van der Waals surface area contributed by atoms with Crippen molar-refractivity contribution in [3.05, 3.63) is 82.5 Å². The van der Waals surface area contributed by atoms with Crippen LogP contribution in [0.1, 0.15) is 11.1 Å². The minimum absolute atomic E-state index is 0.0178. The molecule has 0 saturated heterocycles. The molecule has 0 amide bonds. The predicted molar refractivity (Wildman–Crippen MR) is 112 cm³/mol. The van der Waals surface area contributed by atoms with Crippen molar-refractivity contribution >= 4 is 28.3 Å². The number of halogens is 5. The summed E-state index contributed by atoms with van der Waals surface area (Å²) in [7, 11) is 0. The van der Waals surface area contributed by atoms with E-state index in [-0.39, 0.29) is 29.1 Å². The van der Waals surface area contributed by atoms with Crippen LogP contribution in [0.3, 0.4) is 0 Å². The Morgan fingerprint density at radius 3 is 2.56 bits per heavy atom. The lowest BCUT2D eigenvalue weighted by Gasteiger charge is -2.11. The maximum atomic E-state index is 14.2. The second kappa shape index (κ2) is 9.35. The van der Waals surface area contributed by atoms with Crippen molar-refractivity contribution in [2.45, 2.75) is 13.1 Å². The van der Waals surface area contributed by atoms with Crippen LogP contribution in [0.25, 0.3) is 10.9 Å². The molecule has 32 heavy (non-hydrogen) atoms.